The van der Waals surface area contributed by atoms with E-state index in [9.17, 15) is 0 Å². The summed E-state index contributed by atoms with van der Waals surface area (Å²) in [5.41, 5.74) is 1.73. The first-order chi connectivity index (χ1) is 9.67. The summed E-state index contributed by atoms with van der Waals surface area (Å²) < 4.78 is 8.63. The summed E-state index contributed by atoms with van der Waals surface area (Å²) in [6.07, 6.45) is 0.873. The Labute approximate surface area is 130 Å². The highest BCUT2D eigenvalue weighted by molar-refractivity contribution is 7.71. The zero-order valence-electron chi connectivity index (χ0n) is 10.7. The van der Waals surface area contributed by atoms with Crippen molar-refractivity contribution in [1.29, 1.82) is 0 Å². The van der Waals surface area contributed by atoms with E-state index in [0.717, 1.165) is 28.5 Å². The van der Waals surface area contributed by atoms with Crippen molar-refractivity contribution in [1.82, 2.24) is 14.5 Å². The highest BCUT2D eigenvalue weighted by Crippen LogP contribution is 2.23. The lowest BCUT2D eigenvalue weighted by molar-refractivity contribution is 0.399. The van der Waals surface area contributed by atoms with E-state index in [1.54, 1.807) is 18.4 Å². The zero-order chi connectivity index (χ0) is 14.1. The number of hydrogen-bond acceptors (Lipinski definition) is 4. The number of rotatable bonds is 4. The molecule has 1 N–H and O–H groups in total. The van der Waals surface area contributed by atoms with Crippen molar-refractivity contribution in [2.24, 2.45) is 0 Å². The van der Waals surface area contributed by atoms with Crippen LogP contribution < -0.4 is 4.74 Å². The zero-order valence-corrected chi connectivity index (χ0v) is 13.1. The van der Waals surface area contributed by atoms with Gasteiger partial charge in [-0.15, -0.1) is 11.3 Å². The topological polar surface area (TPSA) is 42.8 Å². The molecular formula is C13H12ClN3OS2. The number of thiophene rings is 1. The Kier molecular flexibility index (Phi) is 3.78. The molecule has 0 aromatic carbocycles. The summed E-state index contributed by atoms with van der Waals surface area (Å²) in [4.78, 5) is 8.84. The lowest BCUT2D eigenvalue weighted by Gasteiger charge is -2.03. The largest absolute Gasteiger partial charge is 0.481 e. The lowest BCUT2D eigenvalue weighted by Crippen LogP contribution is -2.02. The van der Waals surface area contributed by atoms with Crippen LogP contribution in [0.15, 0.2) is 24.3 Å². The minimum absolute atomic E-state index is 0.583. The lowest BCUT2D eigenvalue weighted by atomic mass is 10.3. The third kappa shape index (κ3) is 2.59. The highest BCUT2D eigenvalue weighted by Gasteiger charge is 2.08. The molecule has 3 aromatic heterocycles. The van der Waals surface area contributed by atoms with Crippen LogP contribution in [0.1, 0.15) is 4.88 Å². The fraction of sp³-hybridized carbons (Fsp3) is 0.231. The number of nitrogens with zero attached hydrogens (tertiary/aromatic N) is 2. The molecule has 0 aliphatic rings. The molecule has 0 unspecified atom stereocenters. The third-order valence-corrected chi connectivity index (χ3v) is 4.63. The van der Waals surface area contributed by atoms with Crippen molar-refractivity contribution in [3.05, 3.63) is 38.3 Å². The molecule has 0 saturated heterocycles. The maximum atomic E-state index is 5.94. The predicted octanol–water partition coefficient (Wildman–Crippen LogP) is 4.06. The smallest absolute Gasteiger partial charge is 0.215 e. The Bertz CT molecular complexity index is 805. The molecular weight excluding hydrogens is 314 g/mol. The van der Waals surface area contributed by atoms with Gasteiger partial charge in [-0.3, -0.25) is 0 Å². The van der Waals surface area contributed by atoms with Crippen molar-refractivity contribution in [3.63, 3.8) is 0 Å². The van der Waals surface area contributed by atoms with E-state index in [4.69, 9.17) is 28.6 Å². The minimum atomic E-state index is 0.583. The van der Waals surface area contributed by atoms with E-state index < -0.39 is 0 Å². The Hall–Kier alpha value is -1.37. The van der Waals surface area contributed by atoms with E-state index >= 15 is 0 Å². The Morgan fingerprint density at radius 2 is 2.25 bits per heavy atom. The highest BCUT2D eigenvalue weighted by atomic mass is 35.5. The number of aromatic amines is 1. The molecule has 7 heteroatoms. The molecule has 0 amide bonds. The molecule has 0 bridgehead atoms. The molecule has 20 heavy (non-hydrogen) atoms. The molecule has 0 spiro atoms. The van der Waals surface area contributed by atoms with Crippen LogP contribution in [0.5, 0.6) is 5.88 Å². The molecule has 0 radical (unpaired) electrons. The number of imidazole rings is 1. The van der Waals surface area contributed by atoms with Crippen molar-refractivity contribution < 1.29 is 4.74 Å². The average molecular weight is 326 g/mol. The normalized spacial score (nSPS) is 11.1. The number of halogens is 1. The van der Waals surface area contributed by atoms with Gasteiger partial charge in [0, 0.05) is 17.5 Å². The SMILES string of the molecule is COc1ccc2[nH]c(=S)n(CCc3ccc(Cl)s3)c2n1. The quantitative estimate of drug-likeness (QED) is 0.736. The molecule has 0 aliphatic heterocycles. The monoisotopic (exact) mass is 325 g/mol. The van der Waals surface area contributed by atoms with Crippen LogP contribution in [-0.2, 0) is 13.0 Å². The van der Waals surface area contributed by atoms with Crippen LogP contribution in [0, 0.1) is 4.77 Å². The minimum Gasteiger partial charge on any atom is -0.481 e. The molecule has 0 atom stereocenters. The number of ether oxygens (including phenoxy) is 1. The van der Waals surface area contributed by atoms with E-state index in [0.29, 0.717) is 10.7 Å². The molecule has 3 aromatic rings. The first kappa shape index (κ1) is 13.6. The molecule has 3 heterocycles. The van der Waals surface area contributed by atoms with E-state index in [-0.39, 0.29) is 0 Å². The standard InChI is InChI=1S/C13H12ClN3OS2/c1-18-11-5-3-9-12(16-11)17(13(19)15-9)7-6-8-2-4-10(14)20-8/h2-5H,6-7H2,1H3,(H,15,19). The summed E-state index contributed by atoms with van der Waals surface area (Å²) in [7, 11) is 1.60. The van der Waals surface area contributed by atoms with E-state index in [2.05, 4.69) is 9.97 Å². The van der Waals surface area contributed by atoms with E-state index in [1.165, 1.54) is 4.88 Å². The Morgan fingerprint density at radius 3 is 2.95 bits per heavy atom. The number of nitrogens with one attached hydrogen (secondary N) is 1. The van der Waals surface area contributed by atoms with Gasteiger partial charge in [0.25, 0.3) is 0 Å². The van der Waals surface area contributed by atoms with Gasteiger partial charge in [-0.1, -0.05) is 11.6 Å². The molecule has 0 saturated carbocycles. The molecule has 0 aliphatic carbocycles. The Balaban J connectivity index is 1.93. The van der Waals surface area contributed by atoms with Gasteiger partial charge in [0.1, 0.15) is 0 Å². The fourth-order valence-electron chi connectivity index (χ4n) is 2.04. The third-order valence-electron chi connectivity index (χ3n) is 3.01. The maximum absolute atomic E-state index is 5.94. The van der Waals surface area contributed by atoms with E-state index in [1.807, 2.05) is 28.8 Å². The van der Waals surface area contributed by atoms with Gasteiger partial charge in [0.05, 0.1) is 17.0 Å². The predicted molar refractivity (Wildman–Crippen MR) is 84.5 cm³/mol. The second kappa shape index (κ2) is 5.55. The van der Waals surface area contributed by atoms with Crippen molar-refractivity contribution >= 4 is 46.3 Å². The number of pyridine rings is 1. The number of aryl methyl sites for hydroxylation is 2. The number of H-pyrrole nitrogens is 1. The maximum Gasteiger partial charge on any atom is 0.215 e. The molecule has 4 nitrogen and oxygen atoms in total. The van der Waals surface area contributed by atoms with Crippen LogP contribution in [0.2, 0.25) is 4.34 Å². The van der Waals surface area contributed by atoms with Crippen LogP contribution in [-0.4, -0.2) is 21.6 Å². The van der Waals surface area contributed by atoms with Crippen molar-refractivity contribution in [3.8, 4) is 5.88 Å². The van der Waals surface area contributed by atoms with Gasteiger partial charge in [-0.05, 0) is 36.8 Å². The summed E-state index contributed by atoms with van der Waals surface area (Å²) >= 11 is 12.9. The van der Waals surface area contributed by atoms with Gasteiger partial charge < -0.3 is 14.3 Å². The second-order valence-corrected chi connectivity index (χ2v) is 6.45. The van der Waals surface area contributed by atoms with Crippen LogP contribution in [0.4, 0.5) is 0 Å². The summed E-state index contributed by atoms with van der Waals surface area (Å²) in [5.74, 6) is 0.583. The number of methoxy groups -OCH3 is 1. The average Bonchev–Trinajstić information content (AvgIpc) is 2.98. The second-order valence-electron chi connectivity index (χ2n) is 4.26. The van der Waals surface area contributed by atoms with Crippen LogP contribution in [0.25, 0.3) is 11.2 Å². The fourth-order valence-corrected chi connectivity index (χ4v) is 3.41. The summed E-state index contributed by atoms with van der Waals surface area (Å²) in [6.45, 7) is 0.760. The van der Waals surface area contributed by atoms with Crippen molar-refractivity contribution in [2.75, 3.05) is 7.11 Å². The number of aromatic nitrogens is 3. The van der Waals surface area contributed by atoms with Crippen LogP contribution >= 0.6 is 35.2 Å². The van der Waals surface area contributed by atoms with Gasteiger partial charge in [-0.2, -0.15) is 4.98 Å². The van der Waals surface area contributed by atoms with Gasteiger partial charge in [-0.25, -0.2) is 0 Å². The first-order valence-electron chi connectivity index (χ1n) is 6.05. The summed E-state index contributed by atoms with van der Waals surface area (Å²) in [5, 5.41) is 0. The number of hydrogen-bond donors (Lipinski definition) is 1. The van der Waals surface area contributed by atoms with Gasteiger partial charge in [0.15, 0.2) is 10.4 Å². The van der Waals surface area contributed by atoms with Gasteiger partial charge >= 0.3 is 0 Å². The summed E-state index contributed by atoms with van der Waals surface area (Å²) in [6, 6.07) is 7.70. The van der Waals surface area contributed by atoms with Crippen LogP contribution in [0.3, 0.4) is 0 Å². The number of fused-ring (bicyclic) bond motifs is 1. The van der Waals surface area contributed by atoms with Gasteiger partial charge in [0.2, 0.25) is 5.88 Å². The molecule has 104 valence electrons. The Morgan fingerprint density at radius 1 is 1.40 bits per heavy atom. The molecule has 3 rings (SSSR count). The molecule has 0 fully saturated rings. The first-order valence-corrected chi connectivity index (χ1v) is 7.65. The van der Waals surface area contributed by atoms with Crippen molar-refractivity contribution in [2.45, 2.75) is 13.0 Å².